The highest BCUT2D eigenvalue weighted by molar-refractivity contribution is 5.04. The molecule has 0 aromatic carbocycles. The van der Waals surface area contributed by atoms with Gasteiger partial charge in [0.05, 0.1) is 0 Å². The predicted octanol–water partition coefficient (Wildman–Crippen LogP) is 1.61. The maximum atomic E-state index is 4.58. The van der Waals surface area contributed by atoms with E-state index in [-0.39, 0.29) is 0 Å². The van der Waals surface area contributed by atoms with E-state index < -0.39 is 0 Å². The molecule has 2 aliphatic rings. The number of aromatic nitrogens is 1. The summed E-state index contributed by atoms with van der Waals surface area (Å²) >= 11 is 0. The van der Waals surface area contributed by atoms with Gasteiger partial charge in [0, 0.05) is 56.7 Å². The van der Waals surface area contributed by atoms with E-state index in [1.165, 1.54) is 44.6 Å². The van der Waals surface area contributed by atoms with Crippen LogP contribution in [0.15, 0.2) is 24.4 Å². The number of nitrogens with one attached hydrogen (secondary N) is 2. The van der Waals surface area contributed by atoms with Gasteiger partial charge < -0.3 is 20.4 Å². The molecule has 3 rings (SSSR count). The summed E-state index contributed by atoms with van der Waals surface area (Å²) < 4.78 is 0. The van der Waals surface area contributed by atoms with Crippen molar-refractivity contribution in [3.05, 3.63) is 30.1 Å². The normalized spacial score (nSPS) is 32.7. The number of piperidine rings is 1. The van der Waals surface area contributed by atoms with Gasteiger partial charge in [0.15, 0.2) is 0 Å². The lowest BCUT2D eigenvalue weighted by atomic mass is 9.95. The van der Waals surface area contributed by atoms with E-state index >= 15 is 0 Å². The Morgan fingerprint density at radius 2 is 2.08 bits per heavy atom. The van der Waals surface area contributed by atoms with E-state index in [1.54, 1.807) is 0 Å². The van der Waals surface area contributed by atoms with Crippen LogP contribution in [0.25, 0.3) is 0 Å². The summed E-state index contributed by atoms with van der Waals surface area (Å²) in [5, 5.41) is 7.32. The van der Waals surface area contributed by atoms with Crippen molar-refractivity contribution in [2.45, 2.75) is 44.7 Å². The second-order valence-electron chi connectivity index (χ2n) is 8.28. The van der Waals surface area contributed by atoms with Crippen LogP contribution >= 0.6 is 0 Å². The summed E-state index contributed by atoms with van der Waals surface area (Å²) in [4.78, 5) is 9.85. The van der Waals surface area contributed by atoms with E-state index in [0.717, 1.165) is 32.6 Å². The lowest BCUT2D eigenvalue weighted by Crippen LogP contribution is -2.50. The summed E-state index contributed by atoms with van der Waals surface area (Å²) in [6, 6.07) is 7.54. The van der Waals surface area contributed by atoms with E-state index in [9.17, 15) is 0 Å². The van der Waals surface area contributed by atoms with Crippen LogP contribution in [0.1, 0.15) is 31.9 Å². The van der Waals surface area contributed by atoms with Gasteiger partial charge >= 0.3 is 0 Å². The number of hydrogen-bond acceptors (Lipinski definition) is 5. The number of pyridine rings is 1. The number of likely N-dealkylation sites (N-methyl/N-ethyl adjacent to an activating group) is 1. The van der Waals surface area contributed by atoms with Crippen LogP contribution in [0.4, 0.5) is 0 Å². The van der Waals surface area contributed by atoms with Gasteiger partial charge in [-0.15, -0.1) is 0 Å². The minimum atomic E-state index is 0.526. The highest BCUT2D eigenvalue weighted by Crippen LogP contribution is 2.19. The first-order valence-corrected chi connectivity index (χ1v) is 10.5. The summed E-state index contributed by atoms with van der Waals surface area (Å²) in [5.41, 5.74) is 1.24. The van der Waals surface area contributed by atoms with Gasteiger partial charge in [0.2, 0.25) is 0 Å². The minimum Gasteiger partial charge on any atom is -0.314 e. The first-order chi connectivity index (χ1) is 12.7. The third-order valence-corrected chi connectivity index (χ3v) is 5.98. The van der Waals surface area contributed by atoms with Crippen LogP contribution < -0.4 is 10.6 Å². The van der Waals surface area contributed by atoms with Crippen LogP contribution in [-0.2, 0) is 6.42 Å². The zero-order chi connectivity index (χ0) is 18.2. The second kappa shape index (κ2) is 10.4. The zero-order valence-electron chi connectivity index (χ0n) is 16.7. The molecule has 26 heavy (non-hydrogen) atoms. The van der Waals surface area contributed by atoms with Crippen LogP contribution in [0.2, 0.25) is 0 Å². The monoisotopic (exact) mass is 359 g/mol. The molecular formula is C21H37N5. The SMILES string of the molecule is CC1CNCCN(C)C2CCCN(CC(Cc3ccccn3)CCN1)C2. The molecule has 0 aliphatic carbocycles. The van der Waals surface area contributed by atoms with Crippen molar-refractivity contribution in [1.29, 1.82) is 0 Å². The average molecular weight is 360 g/mol. The molecule has 4 unspecified atom stereocenters. The molecule has 0 saturated carbocycles. The Balaban J connectivity index is 1.65. The van der Waals surface area contributed by atoms with Gasteiger partial charge in [0.1, 0.15) is 0 Å². The Hall–Kier alpha value is -1.01. The topological polar surface area (TPSA) is 43.4 Å². The molecule has 1 aromatic rings. The summed E-state index contributed by atoms with van der Waals surface area (Å²) in [6.07, 6.45) is 6.91. The fourth-order valence-electron chi connectivity index (χ4n) is 4.36. The molecule has 2 fully saturated rings. The van der Waals surface area contributed by atoms with Crippen LogP contribution in [0, 0.1) is 5.92 Å². The Kier molecular flexibility index (Phi) is 7.86. The number of rotatable bonds is 2. The third kappa shape index (κ3) is 6.31. The quantitative estimate of drug-likeness (QED) is 0.840. The van der Waals surface area contributed by atoms with Crippen molar-refractivity contribution in [3.63, 3.8) is 0 Å². The average Bonchev–Trinajstić information content (AvgIpc) is 2.65. The van der Waals surface area contributed by atoms with Crippen molar-refractivity contribution in [3.8, 4) is 0 Å². The zero-order valence-corrected chi connectivity index (χ0v) is 16.7. The molecule has 5 heteroatoms. The number of fused-ring (bicyclic) bond motifs is 2. The smallest absolute Gasteiger partial charge is 0.0406 e. The first-order valence-electron chi connectivity index (χ1n) is 10.5. The molecule has 4 atom stereocenters. The summed E-state index contributed by atoms with van der Waals surface area (Å²) in [5.74, 6) is 0.671. The number of hydrogen-bond donors (Lipinski definition) is 2. The van der Waals surface area contributed by atoms with E-state index in [0.29, 0.717) is 18.0 Å². The molecule has 1 aromatic heterocycles. The van der Waals surface area contributed by atoms with Gasteiger partial charge in [-0.2, -0.15) is 0 Å². The largest absolute Gasteiger partial charge is 0.314 e. The van der Waals surface area contributed by atoms with Gasteiger partial charge in [-0.05, 0) is 70.8 Å². The molecule has 2 bridgehead atoms. The predicted molar refractivity (Wildman–Crippen MR) is 108 cm³/mol. The highest BCUT2D eigenvalue weighted by Gasteiger charge is 2.25. The van der Waals surface area contributed by atoms with Crippen molar-refractivity contribution in [1.82, 2.24) is 25.4 Å². The van der Waals surface area contributed by atoms with Crippen LogP contribution in [-0.4, -0.2) is 79.7 Å². The Morgan fingerprint density at radius 1 is 1.15 bits per heavy atom. The standard InChI is InChI=1S/C21H37N5/c1-18-15-22-11-13-25(2)21-7-5-12-26(17-21)16-19(8-10-23-18)14-20-6-3-4-9-24-20/h3-4,6,9,18-19,21-23H,5,7-8,10-17H2,1-2H3. The highest BCUT2D eigenvalue weighted by atomic mass is 15.2. The maximum Gasteiger partial charge on any atom is 0.0406 e. The molecule has 3 heterocycles. The second-order valence-corrected chi connectivity index (χ2v) is 8.28. The fourth-order valence-corrected chi connectivity index (χ4v) is 4.36. The third-order valence-electron chi connectivity index (χ3n) is 5.98. The molecule has 2 N–H and O–H groups in total. The first kappa shape index (κ1) is 19.7. The van der Waals surface area contributed by atoms with Crippen molar-refractivity contribution in [2.75, 3.05) is 52.9 Å². The molecule has 146 valence electrons. The minimum absolute atomic E-state index is 0.526. The van der Waals surface area contributed by atoms with E-state index in [4.69, 9.17) is 0 Å². The molecule has 0 amide bonds. The van der Waals surface area contributed by atoms with Gasteiger partial charge in [0.25, 0.3) is 0 Å². The van der Waals surface area contributed by atoms with Gasteiger partial charge in [-0.1, -0.05) is 6.07 Å². The summed E-state index contributed by atoms with van der Waals surface area (Å²) in [6.45, 7) is 10.3. The molecular weight excluding hydrogens is 322 g/mol. The van der Waals surface area contributed by atoms with E-state index in [2.05, 4.69) is 51.5 Å². The van der Waals surface area contributed by atoms with E-state index in [1.807, 2.05) is 12.3 Å². The van der Waals surface area contributed by atoms with Gasteiger partial charge in [-0.25, -0.2) is 0 Å². The van der Waals surface area contributed by atoms with Crippen LogP contribution in [0.5, 0.6) is 0 Å². The maximum absolute atomic E-state index is 4.58. The molecule has 0 radical (unpaired) electrons. The Morgan fingerprint density at radius 3 is 2.92 bits per heavy atom. The molecule has 2 saturated heterocycles. The van der Waals surface area contributed by atoms with Crippen molar-refractivity contribution < 1.29 is 0 Å². The lowest BCUT2D eigenvalue weighted by molar-refractivity contribution is 0.101. The number of nitrogens with zero attached hydrogens (tertiary/aromatic N) is 3. The molecule has 0 spiro atoms. The molecule has 2 aliphatic heterocycles. The Labute approximate surface area is 159 Å². The van der Waals surface area contributed by atoms with Crippen molar-refractivity contribution in [2.24, 2.45) is 5.92 Å². The summed E-state index contributed by atoms with van der Waals surface area (Å²) in [7, 11) is 2.30. The van der Waals surface area contributed by atoms with Crippen LogP contribution in [0.3, 0.4) is 0 Å². The fraction of sp³-hybridized carbons (Fsp3) is 0.762. The van der Waals surface area contributed by atoms with Crippen molar-refractivity contribution >= 4 is 0 Å². The Bertz CT molecular complexity index is 508. The molecule has 5 nitrogen and oxygen atoms in total. The van der Waals surface area contributed by atoms with Gasteiger partial charge in [-0.3, -0.25) is 4.98 Å². The lowest BCUT2D eigenvalue weighted by Gasteiger charge is -2.39.